The molecule has 3 heterocycles. The lowest BCUT2D eigenvalue weighted by atomic mass is 10.1. The monoisotopic (exact) mass is 461 g/mol. The minimum absolute atomic E-state index is 0.329. The molecule has 0 atom stereocenters. The first kappa shape index (κ1) is 28.5. The van der Waals surface area contributed by atoms with Gasteiger partial charge < -0.3 is 13.5 Å². The molecule has 0 amide bonds. The van der Waals surface area contributed by atoms with Crippen molar-refractivity contribution in [3.63, 3.8) is 0 Å². The minimum atomic E-state index is 0.329. The van der Waals surface area contributed by atoms with E-state index < -0.39 is 0 Å². The van der Waals surface area contributed by atoms with Crippen molar-refractivity contribution in [2.24, 2.45) is 0 Å². The van der Waals surface area contributed by atoms with Crippen molar-refractivity contribution in [3.8, 4) is 0 Å². The maximum Gasteiger partial charge on any atom is 0.229 e. The topological polar surface area (TPSA) is 104 Å². The van der Waals surface area contributed by atoms with Crippen molar-refractivity contribution in [2.75, 3.05) is 0 Å². The van der Waals surface area contributed by atoms with E-state index in [2.05, 4.69) is 67.0 Å². The average Bonchev–Trinajstić information content (AvgIpc) is 3.49. The Morgan fingerprint density at radius 2 is 1.06 bits per heavy atom. The highest BCUT2D eigenvalue weighted by atomic mass is 16.5. The van der Waals surface area contributed by atoms with E-state index in [1.54, 1.807) is 0 Å². The van der Waals surface area contributed by atoms with Gasteiger partial charge in [-0.15, -0.1) is 10.2 Å². The van der Waals surface area contributed by atoms with Crippen molar-refractivity contribution in [1.29, 1.82) is 0 Å². The fourth-order valence-corrected chi connectivity index (χ4v) is 2.28. The summed E-state index contributed by atoms with van der Waals surface area (Å²) in [4.78, 5) is 4.23. The second-order valence-electron chi connectivity index (χ2n) is 10.1. The van der Waals surface area contributed by atoms with Gasteiger partial charge in [0.05, 0.1) is 5.69 Å². The lowest BCUT2D eigenvalue weighted by molar-refractivity contribution is 0.359. The second-order valence-corrected chi connectivity index (χ2v) is 10.1. The van der Waals surface area contributed by atoms with E-state index in [9.17, 15) is 0 Å². The van der Waals surface area contributed by atoms with Gasteiger partial charge in [-0.25, -0.2) is 0 Å². The number of rotatable bonds is 6. The predicted molar refractivity (Wildman–Crippen MR) is 130 cm³/mol. The van der Waals surface area contributed by atoms with Crippen LogP contribution < -0.4 is 0 Å². The predicted octanol–water partition coefficient (Wildman–Crippen LogP) is 7.55. The molecule has 33 heavy (non-hydrogen) atoms. The van der Waals surface area contributed by atoms with Crippen LogP contribution in [-0.2, 0) is 0 Å². The zero-order valence-electron chi connectivity index (χ0n) is 22.5. The van der Waals surface area contributed by atoms with Crippen LogP contribution in [0.3, 0.4) is 0 Å². The van der Waals surface area contributed by atoms with E-state index in [1.807, 2.05) is 47.6 Å². The number of nitrogens with zero attached hydrogens (tertiary/aromatic N) is 5. The molecule has 0 aliphatic rings. The number of aromatic nitrogens is 5. The smallest absolute Gasteiger partial charge is 0.229 e. The SMILES string of the molecule is CC(C)c1cc(C(C)C)on1.CC(C)c1nnc(C(C)C)o1.CC(C)c1noc(C(C)C)n1. The van der Waals surface area contributed by atoms with Gasteiger partial charge in [0, 0.05) is 35.7 Å². The van der Waals surface area contributed by atoms with Crippen molar-refractivity contribution in [3.05, 3.63) is 41.0 Å². The minimum Gasteiger partial charge on any atom is -0.425 e. The molecule has 0 saturated carbocycles. The van der Waals surface area contributed by atoms with Crippen LogP contribution in [0.1, 0.15) is 154 Å². The molecular weight excluding hydrogens is 418 g/mol. The molecule has 3 aromatic heterocycles. The Kier molecular flexibility index (Phi) is 11.5. The Labute approximate surface area is 198 Å². The van der Waals surface area contributed by atoms with Crippen LogP contribution in [0.2, 0.25) is 0 Å². The molecule has 0 aliphatic heterocycles. The molecule has 0 radical (unpaired) electrons. The van der Waals surface area contributed by atoms with Crippen LogP contribution in [-0.4, -0.2) is 25.5 Å². The molecule has 3 rings (SSSR count). The highest BCUT2D eigenvalue weighted by Gasteiger charge is 2.12. The van der Waals surface area contributed by atoms with Crippen molar-refractivity contribution in [1.82, 2.24) is 25.5 Å². The first-order chi connectivity index (χ1) is 15.3. The van der Waals surface area contributed by atoms with Gasteiger partial charge in [0.15, 0.2) is 5.82 Å². The summed E-state index contributed by atoms with van der Waals surface area (Å²) in [6.45, 7) is 24.8. The number of hydrogen-bond acceptors (Lipinski definition) is 8. The normalized spacial score (nSPS) is 11.5. The molecule has 186 valence electrons. The third kappa shape index (κ3) is 9.48. The van der Waals surface area contributed by atoms with E-state index in [1.165, 1.54) is 0 Å². The highest BCUT2D eigenvalue weighted by molar-refractivity contribution is 5.11. The quantitative estimate of drug-likeness (QED) is 0.370. The van der Waals surface area contributed by atoms with E-state index in [-0.39, 0.29) is 0 Å². The first-order valence-corrected chi connectivity index (χ1v) is 12.0. The van der Waals surface area contributed by atoms with Crippen LogP contribution >= 0.6 is 0 Å². The average molecular weight is 462 g/mol. The Hall–Kier alpha value is -2.51. The first-order valence-electron chi connectivity index (χ1n) is 12.0. The maximum absolute atomic E-state index is 5.38. The summed E-state index contributed by atoms with van der Waals surface area (Å²) >= 11 is 0. The van der Waals surface area contributed by atoms with Gasteiger partial charge in [-0.1, -0.05) is 93.4 Å². The largest absolute Gasteiger partial charge is 0.425 e. The van der Waals surface area contributed by atoms with Crippen molar-refractivity contribution >= 4 is 0 Å². The molecule has 8 nitrogen and oxygen atoms in total. The Morgan fingerprint density at radius 1 is 0.545 bits per heavy atom. The lowest BCUT2D eigenvalue weighted by Gasteiger charge is -1.96. The Morgan fingerprint density at radius 3 is 1.30 bits per heavy atom. The van der Waals surface area contributed by atoms with Gasteiger partial charge in [-0.05, 0) is 5.92 Å². The molecule has 0 aliphatic carbocycles. The Bertz CT molecular complexity index is 733. The summed E-state index contributed by atoms with van der Waals surface area (Å²) in [5, 5.41) is 15.7. The summed E-state index contributed by atoms with van der Waals surface area (Å²) in [6.07, 6.45) is 0. The maximum atomic E-state index is 5.38. The van der Waals surface area contributed by atoms with E-state index in [0.717, 1.165) is 35.0 Å². The molecule has 8 heteroatoms. The van der Waals surface area contributed by atoms with Crippen LogP contribution in [0.5, 0.6) is 0 Å². The van der Waals surface area contributed by atoms with Gasteiger partial charge in [-0.2, -0.15) is 4.98 Å². The van der Waals surface area contributed by atoms with Gasteiger partial charge in [0.2, 0.25) is 17.7 Å². The van der Waals surface area contributed by atoms with E-state index in [4.69, 9.17) is 13.5 Å². The fourth-order valence-electron chi connectivity index (χ4n) is 2.28. The number of hydrogen-bond donors (Lipinski definition) is 0. The summed E-state index contributed by atoms with van der Waals surface area (Å²) in [5.74, 6) is 6.21. The zero-order valence-corrected chi connectivity index (χ0v) is 22.5. The summed E-state index contributed by atoms with van der Waals surface area (Å²) in [6, 6.07) is 2.04. The zero-order chi connectivity index (χ0) is 25.3. The lowest BCUT2D eigenvalue weighted by Crippen LogP contribution is -1.91. The molecule has 0 bridgehead atoms. The Balaban J connectivity index is 0.000000247. The van der Waals surface area contributed by atoms with Crippen LogP contribution in [0.4, 0.5) is 0 Å². The second kappa shape index (κ2) is 13.3. The van der Waals surface area contributed by atoms with Crippen molar-refractivity contribution in [2.45, 2.75) is 119 Å². The summed E-state index contributed by atoms with van der Waals surface area (Å²) < 4.78 is 15.5. The van der Waals surface area contributed by atoms with E-state index in [0.29, 0.717) is 35.5 Å². The third-order valence-corrected chi connectivity index (χ3v) is 4.62. The van der Waals surface area contributed by atoms with Gasteiger partial charge in [0.25, 0.3) is 0 Å². The molecular formula is C25H43N5O3. The molecule has 0 spiro atoms. The van der Waals surface area contributed by atoms with Gasteiger partial charge >= 0.3 is 0 Å². The molecule has 0 unspecified atom stereocenters. The fraction of sp³-hybridized carbons (Fsp3) is 0.720. The van der Waals surface area contributed by atoms with Crippen LogP contribution in [0, 0.1) is 0 Å². The molecule has 0 fully saturated rings. The van der Waals surface area contributed by atoms with E-state index >= 15 is 0 Å². The molecule has 0 aromatic carbocycles. The molecule has 3 aromatic rings. The van der Waals surface area contributed by atoms with Crippen LogP contribution in [0.25, 0.3) is 0 Å². The van der Waals surface area contributed by atoms with Gasteiger partial charge in [0.1, 0.15) is 5.76 Å². The molecule has 0 saturated heterocycles. The molecule has 0 N–H and O–H groups in total. The standard InChI is InChI=1S/C9H15NO.2C8H14N2O/c1-6(2)8-5-9(7(3)4)11-10-8;1-5(2)7-9-10-8(11-7)6(3)4;1-5(2)7-9-8(6(3)4)11-10-7/h5-7H,1-4H3;2*5-6H,1-4H3. The van der Waals surface area contributed by atoms with Crippen LogP contribution in [0.15, 0.2) is 19.5 Å². The summed E-state index contributed by atoms with van der Waals surface area (Å²) in [7, 11) is 0. The summed E-state index contributed by atoms with van der Waals surface area (Å²) in [5.41, 5.74) is 1.05. The third-order valence-electron chi connectivity index (χ3n) is 4.62. The van der Waals surface area contributed by atoms with Crippen molar-refractivity contribution < 1.29 is 13.5 Å². The van der Waals surface area contributed by atoms with Gasteiger partial charge in [-0.3, -0.25) is 0 Å². The highest BCUT2D eigenvalue weighted by Crippen LogP contribution is 2.20.